The second kappa shape index (κ2) is 9.09. The zero-order chi connectivity index (χ0) is 19.3. The fourth-order valence-electron chi connectivity index (χ4n) is 3.90. The molecule has 2 aromatic rings. The molecule has 0 amide bonds. The molecule has 0 bridgehead atoms. The van der Waals surface area contributed by atoms with Gasteiger partial charge in [0.25, 0.3) is 0 Å². The quantitative estimate of drug-likeness (QED) is 0.601. The molecular formula is C23H26IN3O. The minimum atomic E-state index is 0.706. The van der Waals surface area contributed by atoms with Crippen LogP contribution in [0, 0.1) is 9.49 Å². The standard InChI is InChI=1S/C23H26IN3O/c1-28-16-17-8-10-27(11-9-17)22-6-4-21(5-7-22)26-15-19-14-25-13-18-2-3-20(24)12-23(18)19/h2-7,12-13,15,17,26H,8-11,14,16H2,1H3/b19-15+. The van der Waals surface area contributed by atoms with E-state index in [9.17, 15) is 0 Å². The minimum Gasteiger partial charge on any atom is -0.384 e. The summed E-state index contributed by atoms with van der Waals surface area (Å²) < 4.78 is 6.55. The number of halogens is 1. The molecule has 4 rings (SSSR count). The molecule has 2 aromatic carbocycles. The molecule has 0 spiro atoms. The van der Waals surface area contributed by atoms with E-state index in [1.54, 1.807) is 7.11 Å². The molecule has 0 aliphatic carbocycles. The number of piperidine rings is 1. The number of rotatable bonds is 5. The second-order valence-corrected chi connectivity index (χ2v) is 8.69. The summed E-state index contributed by atoms with van der Waals surface area (Å²) in [6.07, 6.45) is 6.47. The van der Waals surface area contributed by atoms with E-state index in [1.165, 1.54) is 38.8 Å². The number of nitrogens with zero attached hydrogens (tertiary/aromatic N) is 2. The van der Waals surface area contributed by atoms with Gasteiger partial charge >= 0.3 is 0 Å². The van der Waals surface area contributed by atoms with E-state index in [0.29, 0.717) is 12.5 Å². The van der Waals surface area contributed by atoms with Crippen molar-refractivity contribution in [1.29, 1.82) is 0 Å². The zero-order valence-corrected chi connectivity index (χ0v) is 18.4. The Morgan fingerprint density at radius 2 is 1.96 bits per heavy atom. The number of nitrogens with one attached hydrogen (secondary N) is 1. The van der Waals surface area contributed by atoms with Crippen molar-refractivity contribution in [3.63, 3.8) is 0 Å². The summed E-state index contributed by atoms with van der Waals surface area (Å²) in [4.78, 5) is 6.96. The fourth-order valence-corrected chi connectivity index (χ4v) is 4.39. The Bertz CT molecular complexity index is 868. The summed E-state index contributed by atoms with van der Waals surface area (Å²) in [5.74, 6) is 0.706. The molecule has 5 heteroatoms. The Kier molecular flexibility index (Phi) is 6.32. The molecule has 1 saturated heterocycles. The van der Waals surface area contributed by atoms with Crippen molar-refractivity contribution in [3.05, 3.63) is 63.4 Å². The number of methoxy groups -OCH3 is 1. The van der Waals surface area contributed by atoms with Crippen LogP contribution in [0.2, 0.25) is 0 Å². The van der Waals surface area contributed by atoms with Crippen LogP contribution < -0.4 is 10.2 Å². The third kappa shape index (κ3) is 4.58. The highest BCUT2D eigenvalue weighted by Gasteiger charge is 2.19. The number of anilines is 2. The average Bonchev–Trinajstić information content (AvgIpc) is 2.73. The lowest BCUT2D eigenvalue weighted by Crippen LogP contribution is -2.34. The molecule has 1 N–H and O–H groups in total. The summed E-state index contributed by atoms with van der Waals surface area (Å²) in [5.41, 5.74) is 6.08. The third-order valence-corrected chi connectivity index (χ3v) is 6.19. The number of fused-ring (bicyclic) bond motifs is 1. The Morgan fingerprint density at radius 3 is 2.71 bits per heavy atom. The van der Waals surface area contributed by atoms with Crippen LogP contribution in [0.5, 0.6) is 0 Å². The fraction of sp³-hybridized carbons (Fsp3) is 0.348. The van der Waals surface area contributed by atoms with E-state index < -0.39 is 0 Å². The van der Waals surface area contributed by atoms with Gasteiger partial charge in [0.2, 0.25) is 0 Å². The van der Waals surface area contributed by atoms with Crippen LogP contribution in [0.1, 0.15) is 24.0 Å². The lowest BCUT2D eigenvalue weighted by atomic mass is 9.97. The van der Waals surface area contributed by atoms with Crippen LogP contribution in [-0.4, -0.2) is 39.6 Å². The molecule has 2 aliphatic heterocycles. The smallest absolute Gasteiger partial charge is 0.0660 e. The highest BCUT2D eigenvalue weighted by molar-refractivity contribution is 14.1. The summed E-state index contributed by atoms with van der Waals surface area (Å²) in [6.45, 7) is 3.82. The molecule has 0 saturated carbocycles. The van der Waals surface area contributed by atoms with Gasteiger partial charge in [0.05, 0.1) is 6.54 Å². The summed E-state index contributed by atoms with van der Waals surface area (Å²) in [7, 11) is 1.80. The van der Waals surface area contributed by atoms with E-state index >= 15 is 0 Å². The Balaban J connectivity index is 1.40. The van der Waals surface area contributed by atoms with Crippen LogP contribution in [0.4, 0.5) is 11.4 Å². The van der Waals surface area contributed by atoms with Gasteiger partial charge in [-0.05, 0) is 94.4 Å². The van der Waals surface area contributed by atoms with Crippen LogP contribution in [0.3, 0.4) is 0 Å². The van der Waals surface area contributed by atoms with E-state index in [0.717, 1.165) is 25.4 Å². The lowest BCUT2D eigenvalue weighted by molar-refractivity contribution is 0.139. The third-order valence-electron chi connectivity index (χ3n) is 5.52. The maximum absolute atomic E-state index is 5.30. The predicted molar refractivity (Wildman–Crippen MR) is 126 cm³/mol. The molecule has 1 fully saturated rings. The van der Waals surface area contributed by atoms with Gasteiger partial charge in [-0.1, -0.05) is 6.07 Å². The van der Waals surface area contributed by atoms with Crippen LogP contribution in [0.25, 0.3) is 5.57 Å². The second-order valence-electron chi connectivity index (χ2n) is 7.45. The largest absolute Gasteiger partial charge is 0.384 e. The van der Waals surface area contributed by atoms with E-state index in [4.69, 9.17) is 4.74 Å². The molecular weight excluding hydrogens is 461 g/mol. The van der Waals surface area contributed by atoms with E-state index in [2.05, 4.69) is 86.5 Å². The molecule has 28 heavy (non-hydrogen) atoms. The van der Waals surface area contributed by atoms with E-state index in [-0.39, 0.29) is 0 Å². The highest BCUT2D eigenvalue weighted by atomic mass is 127. The Hall–Kier alpha value is -1.86. The van der Waals surface area contributed by atoms with Crippen LogP contribution >= 0.6 is 22.6 Å². The first-order valence-corrected chi connectivity index (χ1v) is 10.9. The summed E-state index contributed by atoms with van der Waals surface area (Å²) in [6, 6.07) is 15.2. The first kappa shape index (κ1) is 19.5. The SMILES string of the molecule is COCC1CCN(c2ccc(N/C=C3\CN=Cc4ccc(I)cc43)cc2)CC1. The highest BCUT2D eigenvalue weighted by Crippen LogP contribution is 2.27. The Labute approximate surface area is 180 Å². The number of ether oxygens (including phenoxy) is 1. The van der Waals surface area contributed by atoms with Gasteiger partial charge in [-0.15, -0.1) is 0 Å². The van der Waals surface area contributed by atoms with Crippen molar-refractivity contribution in [1.82, 2.24) is 0 Å². The first-order chi connectivity index (χ1) is 13.7. The van der Waals surface area contributed by atoms with Gasteiger partial charge in [0, 0.05) is 54.2 Å². The van der Waals surface area contributed by atoms with Gasteiger partial charge in [-0.3, -0.25) is 4.99 Å². The average molecular weight is 487 g/mol. The van der Waals surface area contributed by atoms with Crippen molar-refractivity contribution in [2.45, 2.75) is 12.8 Å². The minimum absolute atomic E-state index is 0.706. The summed E-state index contributed by atoms with van der Waals surface area (Å²) in [5, 5.41) is 3.46. The van der Waals surface area contributed by atoms with Gasteiger partial charge < -0.3 is 15.0 Å². The Morgan fingerprint density at radius 1 is 1.18 bits per heavy atom. The van der Waals surface area contributed by atoms with Crippen molar-refractivity contribution in [3.8, 4) is 0 Å². The molecule has 2 aliphatic rings. The van der Waals surface area contributed by atoms with Gasteiger partial charge in [-0.25, -0.2) is 0 Å². The topological polar surface area (TPSA) is 36.9 Å². The molecule has 2 heterocycles. The van der Waals surface area contributed by atoms with Crippen molar-refractivity contribution in [2.24, 2.45) is 10.9 Å². The van der Waals surface area contributed by atoms with Crippen LogP contribution in [-0.2, 0) is 4.74 Å². The van der Waals surface area contributed by atoms with Gasteiger partial charge in [0.15, 0.2) is 0 Å². The number of hydrogen-bond donors (Lipinski definition) is 1. The number of benzene rings is 2. The van der Waals surface area contributed by atoms with Gasteiger partial charge in [0.1, 0.15) is 0 Å². The maximum Gasteiger partial charge on any atom is 0.0660 e. The van der Waals surface area contributed by atoms with Crippen molar-refractivity contribution in [2.75, 3.05) is 43.6 Å². The molecule has 0 aromatic heterocycles. The molecule has 0 unspecified atom stereocenters. The lowest BCUT2D eigenvalue weighted by Gasteiger charge is -2.33. The zero-order valence-electron chi connectivity index (χ0n) is 16.2. The molecule has 0 atom stereocenters. The molecule has 146 valence electrons. The monoisotopic (exact) mass is 487 g/mol. The predicted octanol–water partition coefficient (Wildman–Crippen LogP) is 5.04. The van der Waals surface area contributed by atoms with Crippen LogP contribution in [0.15, 0.2) is 53.7 Å². The number of hydrogen-bond acceptors (Lipinski definition) is 4. The van der Waals surface area contributed by atoms with Crippen molar-refractivity contribution >= 4 is 45.8 Å². The van der Waals surface area contributed by atoms with Gasteiger partial charge in [-0.2, -0.15) is 0 Å². The first-order valence-electron chi connectivity index (χ1n) is 9.82. The van der Waals surface area contributed by atoms with E-state index in [1.807, 2.05) is 6.21 Å². The van der Waals surface area contributed by atoms with Crippen molar-refractivity contribution < 1.29 is 4.74 Å². The normalized spacial score (nSPS) is 18.4. The molecule has 4 nitrogen and oxygen atoms in total. The molecule has 0 radical (unpaired) electrons. The number of aliphatic imine (C=N–C) groups is 1. The summed E-state index contributed by atoms with van der Waals surface area (Å²) >= 11 is 2.36. The maximum atomic E-state index is 5.30.